The zero-order valence-electron chi connectivity index (χ0n) is 13.6. The van der Waals surface area contributed by atoms with Gasteiger partial charge in [0.2, 0.25) is 7.37 Å². The fourth-order valence-corrected chi connectivity index (χ4v) is 2.90. The third kappa shape index (κ3) is 6.42. The molecule has 3 unspecified atom stereocenters. The summed E-state index contributed by atoms with van der Waals surface area (Å²) in [4.78, 5) is 23.1. The van der Waals surface area contributed by atoms with Gasteiger partial charge in [0, 0.05) is 6.66 Å². The topological polar surface area (TPSA) is 90.9 Å². The first-order valence-electron chi connectivity index (χ1n) is 7.07. The molecule has 1 amide bonds. The lowest BCUT2D eigenvalue weighted by Crippen LogP contribution is -2.34. The number of esters is 1. The Morgan fingerprint density at radius 2 is 1.83 bits per heavy atom. The molecule has 0 heterocycles. The van der Waals surface area contributed by atoms with Crippen LogP contribution in [-0.4, -0.2) is 37.7 Å². The lowest BCUT2D eigenvalue weighted by Gasteiger charge is -2.24. The van der Waals surface area contributed by atoms with E-state index in [9.17, 15) is 14.2 Å². The highest BCUT2D eigenvalue weighted by atomic mass is 31.2. The third-order valence-corrected chi connectivity index (χ3v) is 5.41. The quantitative estimate of drug-likeness (QED) is 0.605. The van der Waals surface area contributed by atoms with E-state index in [1.54, 1.807) is 0 Å². The van der Waals surface area contributed by atoms with Crippen LogP contribution >= 0.6 is 7.37 Å². The Balaban J connectivity index is 2.49. The molecule has 128 valence electrons. The van der Waals surface area contributed by atoms with Gasteiger partial charge in [0.25, 0.3) is 0 Å². The predicted molar refractivity (Wildman–Crippen MR) is 85.3 cm³/mol. The van der Waals surface area contributed by atoms with Crippen LogP contribution in [0.25, 0.3) is 0 Å². The summed E-state index contributed by atoms with van der Waals surface area (Å²) in [5, 5.41) is 2.45. The number of carbonyl (C=O) groups is 2. The molecule has 1 rings (SSSR count). The number of carbonyl (C=O) groups excluding carboxylic acids is 2. The minimum Gasteiger partial charge on any atom is -0.467 e. The standard InChI is InChI=1S/C15H22NO6P/c1-11(14(17)20-3)22-23(4,19)12(2)16-15(18)21-10-13-8-6-5-7-9-13/h5-9,11-12H,10H2,1-4H3,(H,16,18). The first-order chi connectivity index (χ1) is 10.8. The van der Waals surface area contributed by atoms with Crippen molar-refractivity contribution in [1.82, 2.24) is 5.32 Å². The van der Waals surface area contributed by atoms with Crippen LogP contribution in [0.15, 0.2) is 30.3 Å². The van der Waals surface area contributed by atoms with Crippen molar-refractivity contribution in [3.8, 4) is 0 Å². The molecule has 0 bridgehead atoms. The molecule has 7 nitrogen and oxygen atoms in total. The van der Waals surface area contributed by atoms with Gasteiger partial charge >= 0.3 is 12.1 Å². The van der Waals surface area contributed by atoms with Gasteiger partial charge in [0.05, 0.1) is 7.11 Å². The Labute approximate surface area is 135 Å². The largest absolute Gasteiger partial charge is 0.467 e. The van der Waals surface area contributed by atoms with Crippen LogP contribution in [-0.2, 0) is 30.0 Å². The molecular formula is C15H22NO6P. The van der Waals surface area contributed by atoms with E-state index in [1.165, 1.54) is 27.6 Å². The smallest absolute Gasteiger partial charge is 0.408 e. The summed E-state index contributed by atoms with van der Waals surface area (Å²) in [5.41, 5.74) is 0.838. The van der Waals surface area contributed by atoms with Crippen molar-refractivity contribution in [3.05, 3.63) is 35.9 Å². The first kappa shape index (κ1) is 19.2. The molecule has 1 aromatic rings. The van der Waals surface area contributed by atoms with Crippen molar-refractivity contribution >= 4 is 19.4 Å². The molecule has 0 radical (unpaired) electrons. The molecule has 0 aliphatic heterocycles. The van der Waals surface area contributed by atoms with Crippen molar-refractivity contribution in [1.29, 1.82) is 0 Å². The Morgan fingerprint density at radius 3 is 2.39 bits per heavy atom. The van der Waals surface area contributed by atoms with E-state index in [0.29, 0.717) is 0 Å². The number of ether oxygens (including phenoxy) is 2. The van der Waals surface area contributed by atoms with E-state index in [2.05, 4.69) is 10.1 Å². The number of nitrogens with one attached hydrogen (secondary N) is 1. The lowest BCUT2D eigenvalue weighted by atomic mass is 10.2. The summed E-state index contributed by atoms with van der Waals surface area (Å²) in [6.45, 7) is 4.40. The lowest BCUT2D eigenvalue weighted by molar-refractivity contribution is -0.147. The normalized spacial score (nSPS) is 15.8. The number of hydrogen-bond acceptors (Lipinski definition) is 6. The highest BCUT2D eigenvalue weighted by molar-refractivity contribution is 7.58. The average Bonchev–Trinajstić information content (AvgIpc) is 2.52. The van der Waals surface area contributed by atoms with Gasteiger partial charge in [-0.15, -0.1) is 0 Å². The summed E-state index contributed by atoms with van der Waals surface area (Å²) < 4.78 is 27.2. The van der Waals surface area contributed by atoms with E-state index in [1.807, 2.05) is 30.3 Å². The van der Waals surface area contributed by atoms with Gasteiger partial charge < -0.3 is 19.3 Å². The summed E-state index contributed by atoms with van der Waals surface area (Å²) in [6.07, 6.45) is -1.70. The molecule has 0 spiro atoms. The molecular weight excluding hydrogens is 321 g/mol. The predicted octanol–water partition coefficient (Wildman–Crippen LogP) is 2.74. The highest BCUT2D eigenvalue weighted by Crippen LogP contribution is 2.47. The molecule has 8 heteroatoms. The van der Waals surface area contributed by atoms with Gasteiger partial charge in [-0.3, -0.25) is 4.57 Å². The number of rotatable bonds is 7. The highest BCUT2D eigenvalue weighted by Gasteiger charge is 2.31. The van der Waals surface area contributed by atoms with Crippen molar-refractivity contribution < 1.29 is 28.2 Å². The summed E-state index contributed by atoms with van der Waals surface area (Å²) >= 11 is 0. The Bertz CT molecular complexity index is 577. The van der Waals surface area contributed by atoms with Crippen LogP contribution in [0.5, 0.6) is 0 Å². The maximum atomic E-state index is 12.5. The Kier molecular flexibility index (Phi) is 7.26. The van der Waals surface area contributed by atoms with Gasteiger partial charge in [-0.25, -0.2) is 9.59 Å². The van der Waals surface area contributed by atoms with Crippen LogP contribution < -0.4 is 5.32 Å². The summed E-state index contributed by atoms with van der Waals surface area (Å²) in [7, 11) is -2.06. The maximum absolute atomic E-state index is 12.5. The van der Waals surface area contributed by atoms with E-state index in [4.69, 9.17) is 9.26 Å². The van der Waals surface area contributed by atoms with E-state index in [-0.39, 0.29) is 6.61 Å². The number of alkyl carbamates (subject to hydrolysis) is 1. The Hall–Kier alpha value is -1.85. The molecule has 0 aliphatic rings. The molecule has 3 atom stereocenters. The zero-order valence-corrected chi connectivity index (χ0v) is 14.5. The maximum Gasteiger partial charge on any atom is 0.408 e. The van der Waals surface area contributed by atoms with Crippen molar-refractivity contribution in [2.24, 2.45) is 0 Å². The second-order valence-electron chi connectivity index (χ2n) is 5.06. The minimum absolute atomic E-state index is 0.104. The fourth-order valence-electron chi connectivity index (χ4n) is 1.67. The van der Waals surface area contributed by atoms with Crippen LogP contribution in [0, 0.1) is 0 Å². The molecule has 0 fully saturated rings. The van der Waals surface area contributed by atoms with Crippen LogP contribution in [0.2, 0.25) is 0 Å². The zero-order chi connectivity index (χ0) is 17.5. The second kappa shape index (κ2) is 8.70. The van der Waals surface area contributed by atoms with Gasteiger partial charge in [-0.2, -0.15) is 0 Å². The van der Waals surface area contributed by atoms with Crippen molar-refractivity contribution in [3.63, 3.8) is 0 Å². The fraction of sp³-hybridized carbons (Fsp3) is 0.467. The number of benzene rings is 1. The summed E-state index contributed by atoms with van der Waals surface area (Å²) in [5.74, 6) is -1.44. The number of amides is 1. The van der Waals surface area contributed by atoms with E-state index in [0.717, 1.165) is 5.56 Å². The Morgan fingerprint density at radius 1 is 1.22 bits per heavy atom. The number of hydrogen-bond donors (Lipinski definition) is 1. The van der Waals surface area contributed by atoms with E-state index < -0.39 is 31.3 Å². The monoisotopic (exact) mass is 343 g/mol. The number of methoxy groups -OCH3 is 1. The van der Waals surface area contributed by atoms with Gasteiger partial charge in [-0.1, -0.05) is 30.3 Å². The molecule has 0 aromatic heterocycles. The van der Waals surface area contributed by atoms with Crippen molar-refractivity contribution in [2.45, 2.75) is 32.3 Å². The van der Waals surface area contributed by atoms with Crippen LogP contribution in [0.3, 0.4) is 0 Å². The molecule has 0 saturated heterocycles. The second-order valence-corrected chi connectivity index (χ2v) is 7.86. The molecule has 1 aromatic carbocycles. The minimum atomic E-state index is -3.27. The molecule has 0 saturated carbocycles. The van der Waals surface area contributed by atoms with Crippen LogP contribution in [0.1, 0.15) is 19.4 Å². The third-order valence-electron chi connectivity index (χ3n) is 3.14. The summed E-state index contributed by atoms with van der Waals surface area (Å²) in [6, 6.07) is 9.17. The van der Waals surface area contributed by atoms with Gasteiger partial charge in [0.15, 0.2) is 6.10 Å². The van der Waals surface area contributed by atoms with Gasteiger partial charge in [0.1, 0.15) is 12.4 Å². The van der Waals surface area contributed by atoms with E-state index >= 15 is 0 Å². The van der Waals surface area contributed by atoms with Crippen molar-refractivity contribution in [2.75, 3.05) is 13.8 Å². The van der Waals surface area contributed by atoms with Gasteiger partial charge in [-0.05, 0) is 19.4 Å². The average molecular weight is 343 g/mol. The molecule has 23 heavy (non-hydrogen) atoms. The SMILES string of the molecule is COC(=O)C(C)OP(C)(=O)C(C)NC(=O)OCc1ccccc1. The molecule has 1 N–H and O–H groups in total. The molecule has 0 aliphatic carbocycles. The first-order valence-corrected chi connectivity index (χ1v) is 9.21. The van der Waals surface area contributed by atoms with Crippen LogP contribution in [0.4, 0.5) is 4.79 Å².